The second kappa shape index (κ2) is 7.53. The Balaban J connectivity index is 1.46. The Bertz CT molecular complexity index is 850. The van der Waals surface area contributed by atoms with Gasteiger partial charge < -0.3 is 15.3 Å². The first kappa shape index (κ1) is 16.5. The number of H-pyrrole nitrogens is 1. The quantitative estimate of drug-likeness (QED) is 0.655. The van der Waals surface area contributed by atoms with Crippen molar-refractivity contribution in [2.24, 2.45) is 0 Å². The highest BCUT2D eigenvalue weighted by Crippen LogP contribution is 2.22. The molecule has 1 aromatic carbocycles. The molecular formula is C19H22N6O. The third-order valence-electron chi connectivity index (χ3n) is 4.58. The molecule has 1 fully saturated rings. The topological polar surface area (TPSA) is 90.0 Å². The number of hydrogen-bond donors (Lipinski definition) is 3. The van der Waals surface area contributed by atoms with Gasteiger partial charge in [-0.2, -0.15) is 10.1 Å². The van der Waals surface area contributed by atoms with E-state index in [1.165, 1.54) is 0 Å². The number of β-amino-alcohol motifs (C(OH)–C–C–N with tert-alkyl or cyclic N) is 1. The van der Waals surface area contributed by atoms with Crippen LogP contribution in [0.5, 0.6) is 0 Å². The molecule has 0 saturated carbocycles. The van der Waals surface area contributed by atoms with Crippen LogP contribution in [0.25, 0.3) is 11.3 Å². The molecule has 3 aromatic rings. The highest BCUT2D eigenvalue weighted by Gasteiger charge is 2.19. The van der Waals surface area contributed by atoms with Crippen molar-refractivity contribution in [3.63, 3.8) is 0 Å². The van der Waals surface area contributed by atoms with Crippen molar-refractivity contribution in [1.29, 1.82) is 0 Å². The fourth-order valence-corrected chi connectivity index (χ4v) is 3.25. The minimum absolute atomic E-state index is 0.283. The van der Waals surface area contributed by atoms with E-state index in [2.05, 4.69) is 42.5 Å². The SMILES string of the molecule is OC1CCCN(c2ccnc(NCc3cn[nH]c3-c3ccccc3)n2)C1. The van der Waals surface area contributed by atoms with E-state index in [-0.39, 0.29) is 6.10 Å². The van der Waals surface area contributed by atoms with Crippen LogP contribution in [0.1, 0.15) is 18.4 Å². The van der Waals surface area contributed by atoms with Gasteiger partial charge in [0.05, 0.1) is 18.0 Å². The number of hydrogen-bond acceptors (Lipinski definition) is 6. The van der Waals surface area contributed by atoms with Gasteiger partial charge in [0.1, 0.15) is 5.82 Å². The van der Waals surface area contributed by atoms with Gasteiger partial charge >= 0.3 is 0 Å². The molecule has 4 rings (SSSR count). The van der Waals surface area contributed by atoms with Gasteiger partial charge in [0, 0.05) is 31.4 Å². The third-order valence-corrected chi connectivity index (χ3v) is 4.58. The van der Waals surface area contributed by atoms with Gasteiger partial charge in [-0.25, -0.2) is 4.98 Å². The summed E-state index contributed by atoms with van der Waals surface area (Å²) in [6, 6.07) is 12.0. The predicted molar refractivity (Wildman–Crippen MR) is 101 cm³/mol. The van der Waals surface area contributed by atoms with Gasteiger partial charge in [-0.05, 0) is 24.5 Å². The maximum atomic E-state index is 9.87. The van der Waals surface area contributed by atoms with Gasteiger partial charge in [-0.15, -0.1) is 0 Å². The first-order valence-electron chi connectivity index (χ1n) is 8.87. The smallest absolute Gasteiger partial charge is 0.224 e. The average molecular weight is 350 g/mol. The number of anilines is 2. The Kier molecular flexibility index (Phi) is 4.79. The summed E-state index contributed by atoms with van der Waals surface area (Å²) in [5.41, 5.74) is 3.14. The number of rotatable bonds is 5. The second-order valence-electron chi connectivity index (χ2n) is 6.47. The number of aromatic amines is 1. The molecule has 1 aliphatic rings. The van der Waals surface area contributed by atoms with E-state index in [1.807, 2.05) is 30.5 Å². The van der Waals surface area contributed by atoms with Crippen LogP contribution in [0, 0.1) is 0 Å². The summed E-state index contributed by atoms with van der Waals surface area (Å²) in [7, 11) is 0. The molecule has 134 valence electrons. The number of nitrogens with zero attached hydrogens (tertiary/aromatic N) is 4. The molecule has 1 unspecified atom stereocenters. The van der Waals surface area contributed by atoms with Gasteiger partial charge in [-0.1, -0.05) is 30.3 Å². The standard InChI is InChI=1S/C19H22N6O/c26-16-7-4-10-25(13-16)17-8-9-20-19(23-17)21-11-15-12-22-24-18(15)14-5-2-1-3-6-14/h1-3,5-6,8-9,12,16,26H,4,7,10-11,13H2,(H,22,24)(H,20,21,23). The average Bonchev–Trinajstić information content (AvgIpc) is 3.16. The van der Waals surface area contributed by atoms with E-state index in [1.54, 1.807) is 6.20 Å². The Hall–Kier alpha value is -2.93. The van der Waals surface area contributed by atoms with Crippen LogP contribution < -0.4 is 10.2 Å². The largest absolute Gasteiger partial charge is 0.391 e. The third kappa shape index (κ3) is 3.67. The highest BCUT2D eigenvalue weighted by atomic mass is 16.3. The zero-order valence-corrected chi connectivity index (χ0v) is 14.5. The van der Waals surface area contributed by atoms with Gasteiger partial charge in [0.15, 0.2) is 0 Å². The summed E-state index contributed by atoms with van der Waals surface area (Å²) in [5.74, 6) is 1.42. The lowest BCUT2D eigenvalue weighted by Crippen LogP contribution is -2.38. The van der Waals surface area contributed by atoms with Crippen molar-refractivity contribution in [2.45, 2.75) is 25.5 Å². The van der Waals surface area contributed by atoms with E-state index in [0.29, 0.717) is 19.0 Å². The monoisotopic (exact) mass is 350 g/mol. The molecule has 0 amide bonds. The molecule has 3 N–H and O–H groups in total. The van der Waals surface area contributed by atoms with E-state index >= 15 is 0 Å². The lowest BCUT2D eigenvalue weighted by molar-refractivity contribution is 0.154. The molecule has 7 nitrogen and oxygen atoms in total. The number of aliphatic hydroxyl groups is 1. The van der Waals surface area contributed by atoms with Gasteiger partial charge in [0.25, 0.3) is 0 Å². The number of piperidine rings is 1. The Morgan fingerprint density at radius 2 is 2.12 bits per heavy atom. The first-order valence-corrected chi connectivity index (χ1v) is 8.87. The summed E-state index contributed by atoms with van der Waals surface area (Å²) >= 11 is 0. The summed E-state index contributed by atoms with van der Waals surface area (Å²) in [4.78, 5) is 11.0. The molecule has 3 heterocycles. The molecule has 1 atom stereocenters. The van der Waals surface area contributed by atoms with Crippen LogP contribution in [0.3, 0.4) is 0 Å². The van der Waals surface area contributed by atoms with E-state index in [0.717, 1.165) is 42.0 Å². The van der Waals surface area contributed by atoms with Gasteiger partial charge in [0.2, 0.25) is 5.95 Å². The van der Waals surface area contributed by atoms with E-state index < -0.39 is 0 Å². The van der Waals surface area contributed by atoms with Gasteiger partial charge in [-0.3, -0.25) is 5.10 Å². The van der Waals surface area contributed by atoms with Crippen LogP contribution in [-0.4, -0.2) is 44.5 Å². The van der Waals surface area contributed by atoms with Crippen molar-refractivity contribution >= 4 is 11.8 Å². The van der Waals surface area contributed by atoms with Crippen molar-refractivity contribution in [2.75, 3.05) is 23.3 Å². The van der Waals surface area contributed by atoms with Crippen LogP contribution in [0.15, 0.2) is 48.8 Å². The second-order valence-corrected chi connectivity index (χ2v) is 6.47. The van der Waals surface area contributed by atoms with Crippen LogP contribution in [-0.2, 0) is 6.54 Å². The fraction of sp³-hybridized carbons (Fsp3) is 0.316. The normalized spacial score (nSPS) is 17.3. The molecule has 2 aromatic heterocycles. The summed E-state index contributed by atoms with van der Waals surface area (Å²) < 4.78 is 0. The van der Waals surface area contributed by atoms with Crippen molar-refractivity contribution in [3.8, 4) is 11.3 Å². The zero-order chi connectivity index (χ0) is 17.8. The molecule has 0 aliphatic carbocycles. The molecule has 0 bridgehead atoms. The van der Waals surface area contributed by atoms with Crippen LogP contribution >= 0.6 is 0 Å². The summed E-state index contributed by atoms with van der Waals surface area (Å²) in [6.45, 7) is 2.11. The summed E-state index contributed by atoms with van der Waals surface area (Å²) in [5, 5.41) is 20.4. The molecule has 26 heavy (non-hydrogen) atoms. The molecule has 1 aliphatic heterocycles. The molecule has 7 heteroatoms. The maximum absolute atomic E-state index is 9.87. The van der Waals surface area contributed by atoms with E-state index in [4.69, 9.17) is 0 Å². The fourth-order valence-electron chi connectivity index (χ4n) is 3.25. The number of benzene rings is 1. The van der Waals surface area contributed by atoms with E-state index in [9.17, 15) is 5.11 Å². The minimum atomic E-state index is -0.283. The minimum Gasteiger partial charge on any atom is -0.391 e. The highest BCUT2D eigenvalue weighted by molar-refractivity contribution is 5.62. The molecule has 0 radical (unpaired) electrons. The molecular weight excluding hydrogens is 328 g/mol. The zero-order valence-electron chi connectivity index (χ0n) is 14.5. The Morgan fingerprint density at radius 1 is 1.23 bits per heavy atom. The maximum Gasteiger partial charge on any atom is 0.224 e. The Labute approximate surface area is 152 Å². The van der Waals surface area contributed by atoms with Crippen LogP contribution in [0.2, 0.25) is 0 Å². The first-order chi connectivity index (χ1) is 12.8. The van der Waals surface area contributed by atoms with Crippen molar-refractivity contribution in [1.82, 2.24) is 20.2 Å². The molecule has 0 spiro atoms. The number of aromatic nitrogens is 4. The Morgan fingerprint density at radius 3 is 2.96 bits per heavy atom. The summed E-state index contributed by atoms with van der Waals surface area (Å²) in [6.07, 6.45) is 5.12. The predicted octanol–water partition coefficient (Wildman–Crippen LogP) is 2.44. The number of aliphatic hydroxyl groups excluding tert-OH is 1. The lowest BCUT2D eigenvalue weighted by Gasteiger charge is -2.31. The number of nitrogens with one attached hydrogen (secondary N) is 2. The molecule has 1 saturated heterocycles. The lowest BCUT2D eigenvalue weighted by atomic mass is 10.1. The van der Waals surface area contributed by atoms with Crippen molar-refractivity contribution < 1.29 is 5.11 Å². The van der Waals surface area contributed by atoms with Crippen molar-refractivity contribution in [3.05, 3.63) is 54.4 Å². The van der Waals surface area contributed by atoms with Crippen LogP contribution in [0.4, 0.5) is 11.8 Å².